The van der Waals surface area contributed by atoms with Gasteiger partial charge < -0.3 is 4.84 Å². The monoisotopic (exact) mass is 183 g/mol. The zero-order chi connectivity index (χ0) is 8.97. The van der Waals surface area contributed by atoms with E-state index in [0.717, 1.165) is 10.6 Å². The Kier molecular flexibility index (Phi) is 2.99. The highest BCUT2D eigenvalue weighted by atomic mass is 32.1. The maximum absolute atomic E-state index is 10.4. The quantitative estimate of drug-likeness (QED) is 0.400. The molecule has 1 rings (SSSR count). The lowest BCUT2D eigenvalue weighted by atomic mass is 10.3. The molecule has 0 aliphatic heterocycles. The predicted octanol–water partition coefficient (Wildman–Crippen LogP) is 2.04. The molecule has 0 fully saturated rings. The smallest absolute Gasteiger partial charge is 0.318 e. The molecule has 4 heteroatoms. The van der Waals surface area contributed by atoms with Crippen molar-refractivity contribution in [1.29, 1.82) is 0 Å². The molecule has 3 nitrogen and oxygen atoms in total. The van der Waals surface area contributed by atoms with E-state index in [-0.39, 0.29) is 0 Å². The van der Waals surface area contributed by atoms with Crippen molar-refractivity contribution in [3.05, 3.63) is 22.4 Å². The van der Waals surface area contributed by atoms with Gasteiger partial charge in [-0.05, 0) is 18.4 Å². The predicted molar refractivity (Wildman–Crippen MR) is 48.3 cm³/mol. The first-order chi connectivity index (χ1) is 5.70. The van der Waals surface area contributed by atoms with Gasteiger partial charge >= 0.3 is 5.97 Å². The van der Waals surface area contributed by atoms with Crippen LogP contribution in [0.3, 0.4) is 0 Å². The topological polar surface area (TPSA) is 38.7 Å². The normalized spacial score (nSPS) is 11.3. The maximum atomic E-state index is 10.4. The van der Waals surface area contributed by atoms with E-state index in [4.69, 9.17) is 0 Å². The summed E-state index contributed by atoms with van der Waals surface area (Å²) in [6, 6.07) is 3.85. The van der Waals surface area contributed by atoms with Crippen molar-refractivity contribution in [2.45, 2.75) is 13.8 Å². The van der Waals surface area contributed by atoms with Crippen molar-refractivity contribution >= 4 is 23.0 Å². The molecule has 0 radical (unpaired) electrons. The van der Waals surface area contributed by atoms with Crippen LogP contribution in [0, 0.1) is 0 Å². The first kappa shape index (κ1) is 8.93. The number of oxime groups is 1. The summed E-state index contributed by atoms with van der Waals surface area (Å²) in [5, 5.41) is 5.59. The zero-order valence-electron chi connectivity index (χ0n) is 6.90. The standard InChI is InChI=1S/C8H9NO2S/c1-6(9-11-7(2)10)8-4-3-5-12-8/h3-5H,1-2H3/b9-6+. The second-order valence-corrected chi connectivity index (χ2v) is 3.18. The third kappa shape index (κ3) is 2.47. The van der Waals surface area contributed by atoms with Crippen LogP contribution >= 0.6 is 11.3 Å². The van der Waals surface area contributed by atoms with Crippen molar-refractivity contribution in [3.63, 3.8) is 0 Å². The SMILES string of the molecule is CC(=O)O/N=C(\C)c1cccs1. The lowest BCUT2D eigenvalue weighted by molar-refractivity contribution is -0.140. The summed E-state index contributed by atoms with van der Waals surface area (Å²) in [5.74, 6) is -0.397. The fourth-order valence-corrected chi connectivity index (χ4v) is 1.33. The highest BCUT2D eigenvalue weighted by Gasteiger charge is 1.98. The molecule has 0 atom stereocenters. The van der Waals surface area contributed by atoms with Crippen LogP contribution in [-0.4, -0.2) is 11.7 Å². The van der Waals surface area contributed by atoms with Gasteiger partial charge in [0, 0.05) is 6.92 Å². The third-order valence-corrected chi connectivity index (χ3v) is 2.17. The van der Waals surface area contributed by atoms with E-state index in [2.05, 4.69) is 9.99 Å². The van der Waals surface area contributed by atoms with Crippen molar-refractivity contribution in [3.8, 4) is 0 Å². The Morgan fingerprint density at radius 1 is 1.58 bits per heavy atom. The van der Waals surface area contributed by atoms with E-state index >= 15 is 0 Å². The van der Waals surface area contributed by atoms with E-state index in [0.29, 0.717) is 0 Å². The van der Waals surface area contributed by atoms with Crippen LogP contribution < -0.4 is 0 Å². The van der Waals surface area contributed by atoms with Crippen molar-refractivity contribution in [2.24, 2.45) is 5.16 Å². The minimum Gasteiger partial charge on any atom is -0.318 e. The molecule has 0 spiro atoms. The van der Waals surface area contributed by atoms with Crippen LogP contribution in [0.25, 0.3) is 0 Å². The average molecular weight is 183 g/mol. The molecule has 0 N–H and O–H groups in total. The van der Waals surface area contributed by atoms with Crippen molar-refractivity contribution in [1.82, 2.24) is 0 Å². The van der Waals surface area contributed by atoms with Gasteiger partial charge in [-0.3, -0.25) is 0 Å². The number of rotatable bonds is 2. The van der Waals surface area contributed by atoms with Gasteiger partial charge in [0.05, 0.1) is 10.6 Å². The number of hydrogen-bond donors (Lipinski definition) is 0. The number of nitrogens with zero attached hydrogens (tertiary/aromatic N) is 1. The molecule has 12 heavy (non-hydrogen) atoms. The molecular weight excluding hydrogens is 174 g/mol. The van der Waals surface area contributed by atoms with Gasteiger partial charge in [-0.2, -0.15) is 0 Å². The van der Waals surface area contributed by atoms with Crippen LogP contribution in [-0.2, 0) is 9.63 Å². The minimum absolute atomic E-state index is 0.397. The summed E-state index contributed by atoms with van der Waals surface area (Å²) in [6.45, 7) is 3.12. The van der Waals surface area contributed by atoms with E-state index in [1.807, 2.05) is 17.5 Å². The largest absolute Gasteiger partial charge is 0.331 e. The second-order valence-electron chi connectivity index (χ2n) is 2.24. The van der Waals surface area contributed by atoms with Crippen LogP contribution in [0.4, 0.5) is 0 Å². The molecule has 0 bridgehead atoms. The Bertz CT molecular complexity index is 290. The summed E-state index contributed by atoms with van der Waals surface area (Å²) in [4.78, 5) is 15.9. The summed E-state index contributed by atoms with van der Waals surface area (Å²) in [6.07, 6.45) is 0. The number of carbonyl (C=O) groups is 1. The highest BCUT2D eigenvalue weighted by molar-refractivity contribution is 7.12. The third-order valence-electron chi connectivity index (χ3n) is 1.19. The fraction of sp³-hybridized carbons (Fsp3) is 0.250. The van der Waals surface area contributed by atoms with E-state index < -0.39 is 5.97 Å². The molecule has 0 saturated carbocycles. The number of thiophene rings is 1. The Morgan fingerprint density at radius 2 is 2.33 bits per heavy atom. The summed E-state index contributed by atoms with van der Waals surface area (Å²) in [5.41, 5.74) is 0.722. The number of hydrogen-bond acceptors (Lipinski definition) is 4. The molecule has 1 aromatic rings. The Morgan fingerprint density at radius 3 is 2.83 bits per heavy atom. The Hall–Kier alpha value is -1.16. The second kappa shape index (κ2) is 4.01. The van der Waals surface area contributed by atoms with Gasteiger partial charge in [0.15, 0.2) is 0 Å². The Labute approximate surface area is 74.7 Å². The van der Waals surface area contributed by atoms with Gasteiger partial charge in [0.1, 0.15) is 0 Å². The molecule has 1 heterocycles. The van der Waals surface area contributed by atoms with Gasteiger partial charge in [-0.25, -0.2) is 4.79 Å². The summed E-state index contributed by atoms with van der Waals surface area (Å²) in [7, 11) is 0. The summed E-state index contributed by atoms with van der Waals surface area (Å²) < 4.78 is 0. The molecule has 64 valence electrons. The maximum Gasteiger partial charge on any atom is 0.331 e. The lowest BCUT2D eigenvalue weighted by Crippen LogP contribution is -1.96. The van der Waals surface area contributed by atoms with E-state index in [1.165, 1.54) is 6.92 Å². The molecule has 0 aromatic carbocycles. The molecule has 0 amide bonds. The fourth-order valence-electron chi connectivity index (χ4n) is 0.662. The molecule has 0 aliphatic carbocycles. The van der Waals surface area contributed by atoms with Crippen LogP contribution in [0.15, 0.2) is 22.7 Å². The summed E-state index contributed by atoms with van der Waals surface area (Å²) >= 11 is 1.56. The van der Waals surface area contributed by atoms with Crippen molar-refractivity contribution in [2.75, 3.05) is 0 Å². The van der Waals surface area contributed by atoms with Crippen LogP contribution in [0.2, 0.25) is 0 Å². The lowest BCUT2D eigenvalue weighted by Gasteiger charge is -1.93. The van der Waals surface area contributed by atoms with E-state index in [9.17, 15) is 4.79 Å². The first-order valence-electron chi connectivity index (χ1n) is 3.46. The van der Waals surface area contributed by atoms with Gasteiger partial charge in [0.2, 0.25) is 0 Å². The van der Waals surface area contributed by atoms with Crippen LogP contribution in [0.5, 0.6) is 0 Å². The minimum atomic E-state index is -0.397. The first-order valence-corrected chi connectivity index (χ1v) is 4.34. The van der Waals surface area contributed by atoms with Gasteiger partial charge in [0.25, 0.3) is 0 Å². The van der Waals surface area contributed by atoms with Gasteiger partial charge in [-0.1, -0.05) is 11.2 Å². The average Bonchev–Trinajstić information content (AvgIpc) is 2.51. The molecule has 0 unspecified atom stereocenters. The highest BCUT2D eigenvalue weighted by Crippen LogP contribution is 2.09. The number of carbonyl (C=O) groups excluding carboxylic acids is 1. The van der Waals surface area contributed by atoms with E-state index in [1.54, 1.807) is 18.3 Å². The molecule has 0 aliphatic rings. The van der Waals surface area contributed by atoms with Gasteiger partial charge in [-0.15, -0.1) is 11.3 Å². The molecule has 1 aromatic heterocycles. The zero-order valence-corrected chi connectivity index (χ0v) is 7.72. The van der Waals surface area contributed by atoms with Crippen LogP contribution in [0.1, 0.15) is 18.7 Å². The molecular formula is C8H9NO2S. The molecule has 0 saturated heterocycles. The Balaban J connectivity index is 2.65. The van der Waals surface area contributed by atoms with Crippen molar-refractivity contribution < 1.29 is 9.63 Å².